The van der Waals surface area contributed by atoms with Crippen LogP contribution in [0, 0.1) is 0 Å². The second-order valence-electron chi connectivity index (χ2n) is 8.49. The lowest BCUT2D eigenvalue weighted by Gasteiger charge is -2.29. The van der Waals surface area contributed by atoms with Crippen LogP contribution in [0.1, 0.15) is 35.3 Å². The van der Waals surface area contributed by atoms with E-state index in [1.165, 1.54) is 30.6 Å². The number of carboxylic acid groups (broad SMARTS) is 1. The number of aromatic nitrogens is 1. The van der Waals surface area contributed by atoms with E-state index in [1.807, 2.05) is 6.92 Å². The standard InChI is InChI=1S/C22H25Cl2N7O5/c1-22(25)9-28-21(29-10-22)30-13-2-11(6-26-7-13)20(36)27-8-17(32)31-16(5-18(33)34)14-3-12(23)4-15(24)19(14)35/h2-4,6-7,16,35H,5,8-10,25H2,1H3,(H,27,36)(H,31,32)(H,33,34)(H2,28,29,30). The number of aromatic hydroxyl groups is 1. The zero-order valence-corrected chi connectivity index (χ0v) is 20.7. The van der Waals surface area contributed by atoms with Gasteiger partial charge in [-0.15, -0.1) is 0 Å². The van der Waals surface area contributed by atoms with Gasteiger partial charge in [0.1, 0.15) is 5.75 Å². The molecule has 2 unspecified atom stereocenters. The molecule has 0 saturated carbocycles. The molecule has 0 spiro atoms. The molecule has 0 aliphatic carbocycles. The molecule has 36 heavy (non-hydrogen) atoms. The number of guanidine groups is 1. The highest BCUT2D eigenvalue weighted by atomic mass is 35.5. The van der Waals surface area contributed by atoms with Crippen molar-refractivity contribution in [2.45, 2.75) is 24.9 Å². The van der Waals surface area contributed by atoms with Crippen LogP contribution in [0.2, 0.25) is 10.0 Å². The number of carbonyl (C=O) groups excluding carboxylic acids is 2. The van der Waals surface area contributed by atoms with Gasteiger partial charge in [-0.25, -0.2) is 0 Å². The smallest absolute Gasteiger partial charge is 0.305 e. The zero-order chi connectivity index (χ0) is 26.5. The van der Waals surface area contributed by atoms with Crippen molar-refractivity contribution in [2.24, 2.45) is 10.7 Å². The van der Waals surface area contributed by atoms with Crippen LogP contribution in [0.5, 0.6) is 5.75 Å². The summed E-state index contributed by atoms with van der Waals surface area (Å²) >= 11 is 11.9. The van der Waals surface area contributed by atoms with E-state index >= 15 is 0 Å². The summed E-state index contributed by atoms with van der Waals surface area (Å²) in [5.74, 6) is -2.43. The van der Waals surface area contributed by atoms with Gasteiger partial charge in [0, 0.05) is 23.3 Å². The Bertz CT molecular complexity index is 1210. The monoisotopic (exact) mass is 537 g/mol. The molecule has 0 saturated heterocycles. The molecular formula is C22H25Cl2N7O5. The first-order valence-electron chi connectivity index (χ1n) is 10.7. The van der Waals surface area contributed by atoms with Crippen LogP contribution in [-0.4, -0.2) is 64.1 Å². The van der Waals surface area contributed by atoms with E-state index < -0.39 is 48.1 Å². The highest BCUT2D eigenvalue weighted by molar-refractivity contribution is 6.35. The third kappa shape index (κ3) is 7.44. The largest absolute Gasteiger partial charge is 0.506 e. The molecule has 12 nitrogen and oxygen atoms in total. The lowest BCUT2D eigenvalue weighted by molar-refractivity contribution is -0.137. The number of rotatable bonds is 8. The molecular weight excluding hydrogens is 513 g/mol. The molecule has 14 heteroatoms. The highest BCUT2D eigenvalue weighted by Gasteiger charge is 2.24. The van der Waals surface area contributed by atoms with Gasteiger partial charge in [0.15, 0.2) is 5.96 Å². The number of halogens is 2. The van der Waals surface area contributed by atoms with E-state index in [4.69, 9.17) is 28.9 Å². The molecule has 2 aromatic rings. The fourth-order valence-corrected chi connectivity index (χ4v) is 3.79. The normalized spacial score (nSPS) is 17.8. The van der Waals surface area contributed by atoms with Crippen LogP contribution in [0.4, 0.5) is 5.69 Å². The Morgan fingerprint density at radius 3 is 2.67 bits per heavy atom. The maximum atomic E-state index is 12.6. The van der Waals surface area contributed by atoms with Crippen LogP contribution in [-0.2, 0) is 9.59 Å². The van der Waals surface area contributed by atoms with Gasteiger partial charge in [0.25, 0.3) is 5.91 Å². The third-order valence-electron chi connectivity index (χ3n) is 5.08. The van der Waals surface area contributed by atoms with E-state index in [9.17, 15) is 24.6 Å². The predicted molar refractivity (Wildman–Crippen MR) is 134 cm³/mol. The molecule has 2 amide bonds. The van der Waals surface area contributed by atoms with Crippen LogP contribution < -0.4 is 27.0 Å². The van der Waals surface area contributed by atoms with Gasteiger partial charge < -0.3 is 37.2 Å². The van der Waals surface area contributed by atoms with E-state index in [2.05, 4.69) is 31.2 Å². The minimum absolute atomic E-state index is 0.0340. The molecule has 0 fully saturated rings. The number of pyridine rings is 1. The Morgan fingerprint density at radius 2 is 2.00 bits per heavy atom. The number of carboxylic acids is 1. The summed E-state index contributed by atoms with van der Waals surface area (Å²) in [4.78, 5) is 44.7. The Morgan fingerprint density at radius 1 is 1.25 bits per heavy atom. The predicted octanol–water partition coefficient (Wildman–Crippen LogP) is 1.24. The molecule has 1 aromatic heterocycles. The number of hydrogen-bond acceptors (Lipinski definition) is 9. The van der Waals surface area contributed by atoms with Crippen molar-refractivity contribution in [3.63, 3.8) is 0 Å². The minimum Gasteiger partial charge on any atom is -0.506 e. The average molecular weight is 538 g/mol. The summed E-state index contributed by atoms with van der Waals surface area (Å²) in [6.45, 7) is 2.35. The van der Waals surface area contributed by atoms with Gasteiger partial charge >= 0.3 is 5.97 Å². The Balaban J connectivity index is 1.62. The summed E-state index contributed by atoms with van der Waals surface area (Å²) in [7, 11) is 0. The number of nitrogens with zero attached hydrogens (tertiary/aromatic N) is 2. The van der Waals surface area contributed by atoms with Crippen LogP contribution in [0.3, 0.4) is 0 Å². The lowest BCUT2D eigenvalue weighted by Crippen LogP contribution is -2.55. The molecule has 2 heterocycles. The summed E-state index contributed by atoms with van der Waals surface area (Å²) < 4.78 is 0. The van der Waals surface area contributed by atoms with Crippen molar-refractivity contribution in [3.05, 3.63) is 51.8 Å². The number of hydrogen-bond donors (Lipinski definition) is 7. The van der Waals surface area contributed by atoms with Gasteiger partial charge in [-0.2, -0.15) is 0 Å². The number of nitrogens with two attached hydrogens (primary N) is 1. The maximum Gasteiger partial charge on any atom is 0.305 e. The highest BCUT2D eigenvalue weighted by Crippen LogP contribution is 2.36. The van der Waals surface area contributed by atoms with Crippen molar-refractivity contribution in [1.29, 1.82) is 0 Å². The van der Waals surface area contributed by atoms with Crippen LogP contribution in [0.15, 0.2) is 35.6 Å². The average Bonchev–Trinajstić information content (AvgIpc) is 2.80. The first-order valence-corrected chi connectivity index (χ1v) is 11.5. The number of aliphatic imine (C=N–C) groups is 1. The molecule has 0 bridgehead atoms. The van der Waals surface area contributed by atoms with Gasteiger partial charge in [0.2, 0.25) is 5.91 Å². The molecule has 0 radical (unpaired) electrons. The number of benzene rings is 1. The number of amides is 2. The number of carbonyl (C=O) groups is 3. The van der Waals surface area contributed by atoms with Gasteiger partial charge in [-0.05, 0) is 25.1 Å². The third-order valence-corrected chi connectivity index (χ3v) is 5.58. The van der Waals surface area contributed by atoms with Crippen molar-refractivity contribution < 1.29 is 24.6 Å². The number of phenolic OH excluding ortho intramolecular Hbond substituents is 1. The molecule has 1 aliphatic rings. The van der Waals surface area contributed by atoms with Crippen molar-refractivity contribution in [1.82, 2.24) is 20.9 Å². The second kappa shape index (κ2) is 11.4. The Kier molecular flexibility index (Phi) is 8.56. The van der Waals surface area contributed by atoms with E-state index in [1.54, 1.807) is 0 Å². The molecule has 2 atom stereocenters. The second-order valence-corrected chi connectivity index (χ2v) is 9.33. The van der Waals surface area contributed by atoms with Crippen molar-refractivity contribution in [2.75, 3.05) is 25.0 Å². The SMILES string of the molecule is CC1(N)CN=C(Nc2cncc(C(=O)NCC(=O)NC(CC(=O)O)c3cc(Cl)cc(Cl)c3O)c2)NC1. The van der Waals surface area contributed by atoms with Crippen LogP contribution in [0.25, 0.3) is 0 Å². The first kappa shape index (κ1) is 27.0. The number of aliphatic carboxylic acids is 1. The molecule has 3 rings (SSSR count). The molecule has 1 aliphatic heterocycles. The van der Waals surface area contributed by atoms with Crippen LogP contribution >= 0.6 is 23.2 Å². The van der Waals surface area contributed by atoms with E-state index in [0.717, 1.165) is 0 Å². The number of anilines is 1. The zero-order valence-electron chi connectivity index (χ0n) is 19.1. The minimum atomic E-state index is -1.23. The van der Waals surface area contributed by atoms with Gasteiger partial charge in [-0.1, -0.05) is 23.2 Å². The number of phenols is 1. The first-order chi connectivity index (χ1) is 16.9. The van der Waals surface area contributed by atoms with Gasteiger partial charge in [0.05, 0.1) is 53.6 Å². The molecule has 192 valence electrons. The Hall–Kier alpha value is -3.61. The maximum absolute atomic E-state index is 12.6. The van der Waals surface area contributed by atoms with Gasteiger partial charge in [-0.3, -0.25) is 24.4 Å². The summed E-state index contributed by atoms with van der Waals surface area (Å²) in [6, 6.07) is 2.97. The van der Waals surface area contributed by atoms with Crippen molar-refractivity contribution >= 4 is 52.6 Å². The molecule has 8 N–H and O–H groups in total. The summed E-state index contributed by atoms with van der Waals surface area (Å²) in [5, 5.41) is 30.5. The summed E-state index contributed by atoms with van der Waals surface area (Å²) in [6.07, 6.45) is 2.27. The fraction of sp³-hybridized carbons (Fsp3) is 0.318. The number of nitrogens with one attached hydrogen (secondary N) is 4. The Labute approximate surface area is 216 Å². The molecule has 1 aromatic carbocycles. The lowest BCUT2D eigenvalue weighted by atomic mass is 10.0. The summed E-state index contributed by atoms with van der Waals surface area (Å²) in [5.41, 5.74) is 6.27. The fourth-order valence-electron chi connectivity index (χ4n) is 3.28. The quantitative estimate of drug-likeness (QED) is 0.259. The van der Waals surface area contributed by atoms with E-state index in [-0.39, 0.29) is 21.2 Å². The van der Waals surface area contributed by atoms with Crippen molar-refractivity contribution in [3.8, 4) is 5.75 Å². The topological polar surface area (TPSA) is 191 Å². The van der Waals surface area contributed by atoms with E-state index in [0.29, 0.717) is 24.7 Å².